The molecule has 1 rings (SSSR count). The number of rotatable bonds is 3. The van der Waals surface area contributed by atoms with Crippen LogP contribution in [0.2, 0.25) is 0 Å². The molecule has 5 nitrogen and oxygen atoms in total. The van der Waals surface area contributed by atoms with Crippen molar-refractivity contribution in [1.82, 2.24) is 9.80 Å². The van der Waals surface area contributed by atoms with Gasteiger partial charge in [-0.2, -0.15) is 8.42 Å². The van der Waals surface area contributed by atoms with Crippen LogP contribution in [0.25, 0.3) is 0 Å². The van der Waals surface area contributed by atoms with Crippen LogP contribution >= 0.6 is 0 Å². The van der Waals surface area contributed by atoms with Gasteiger partial charge in [0.25, 0.3) is 10.1 Å². The Balaban J connectivity index is 0.000000265. The lowest BCUT2D eigenvalue weighted by atomic mass is 10.6. The fraction of sp³-hybridized carbons (Fsp3) is 0.750. The zero-order valence-electron chi connectivity index (χ0n) is 9.18. The van der Waals surface area contributed by atoms with Crippen LogP contribution in [0.1, 0.15) is 13.8 Å². The predicted octanol–water partition coefficient (Wildman–Crippen LogP) is 0.920. The molecule has 0 atom stereocenters. The van der Waals surface area contributed by atoms with Gasteiger partial charge in [-0.15, -0.1) is 0 Å². The van der Waals surface area contributed by atoms with E-state index in [1.807, 2.05) is 0 Å². The van der Waals surface area contributed by atoms with Gasteiger partial charge in [-0.05, 0) is 18.4 Å². The van der Waals surface area contributed by atoms with Crippen molar-refractivity contribution < 1.29 is 17.3 Å². The highest BCUT2D eigenvalue weighted by Gasteiger charge is 2.04. The van der Waals surface area contributed by atoms with E-state index in [0.717, 1.165) is 13.2 Å². The molecule has 1 heterocycles. The van der Waals surface area contributed by atoms with Crippen molar-refractivity contribution >= 4 is 10.1 Å². The maximum Gasteiger partial charge on any atom is 0.297 e. The first-order valence-electron chi connectivity index (χ1n) is 4.60. The molecule has 1 aliphatic rings. The van der Waals surface area contributed by atoms with Crippen molar-refractivity contribution in [3.8, 4) is 0 Å². The topological polar surface area (TPSA) is 49.9 Å². The first-order valence-corrected chi connectivity index (χ1v) is 6.18. The highest BCUT2D eigenvalue weighted by Crippen LogP contribution is 2.00. The summed E-state index contributed by atoms with van der Waals surface area (Å²) < 4.78 is 32.8. The molecule has 0 radical (unpaired) electrons. The monoisotopic (exact) mass is 240 g/mol. The van der Waals surface area contributed by atoms with E-state index < -0.39 is 10.1 Å². The lowest BCUT2D eigenvalue weighted by molar-refractivity contribution is 0.00319. The summed E-state index contributed by atoms with van der Waals surface area (Å²) in [4.78, 5) is 4.41. The molecule has 0 aliphatic carbocycles. The maximum absolute atomic E-state index is 10.7. The minimum absolute atomic E-state index is 0.330. The molecule has 0 saturated heterocycles. The van der Waals surface area contributed by atoms with Crippen molar-refractivity contribution in [2.24, 2.45) is 0 Å². The van der Waals surface area contributed by atoms with Gasteiger partial charge in [0.15, 0.2) is 0 Å². The smallest absolute Gasteiger partial charge is 0.297 e. The normalized spacial score (nSPS) is 15.2. The van der Waals surface area contributed by atoms with Gasteiger partial charge in [0.1, 0.15) is 0 Å². The van der Waals surface area contributed by atoms with Gasteiger partial charge in [-0.1, -0.05) is 4.39 Å². The molecule has 0 N–H and O–H groups in total. The Bertz CT molecular complexity index is 282. The molecule has 0 saturated carbocycles. The minimum atomic E-state index is -3.82. The standard InChI is InChI=1S/C6H12N2.C2H5FO3S/c1-3-8-5-4-7(2)6-8;1-2-7(4,5)6-3/h4-5H,3,6H2,1-2H3;2H2,1H3. The maximum atomic E-state index is 10.7. The van der Waals surface area contributed by atoms with Crippen molar-refractivity contribution in [3.05, 3.63) is 12.4 Å². The molecule has 0 unspecified atom stereocenters. The van der Waals surface area contributed by atoms with Crippen LogP contribution in [-0.2, 0) is 14.5 Å². The third-order valence-electron chi connectivity index (χ3n) is 1.79. The summed E-state index contributed by atoms with van der Waals surface area (Å²) in [6.45, 7) is 5.61. The molecule has 1 aliphatic heterocycles. The fourth-order valence-corrected chi connectivity index (χ4v) is 0.928. The summed E-state index contributed by atoms with van der Waals surface area (Å²) in [5, 5.41) is 0. The molecule has 0 aromatic rings. The van der Waals surface area contributed by atoms with Crippen molar-refractivity contribution in [2.75, 3.05) is 26.0 Å². The van der Waals surface area contributed by atoms with E-state index in [0.29, 0.717) is 0 Å². The van der Waals surface area contributed by atoms with E-state index in [1.54, 1.807) is 0 Å². The molecule has 0 amide bonds. The van der Waals surface area contributed by atoms with Gasteiger partial charge in [-0.25, -0.2) is 0 Å². The minimum Gasteiger partial charge on any atom is -0.362 e. The third-order valence-corrected chi connectivity index (χ3v) is 2.69. The summed E-state index contributed by atoms with van der Waals surface area (Å²) in [6, 6.07) is 0. The Labute approximate surface area is 90.1 Å². The summed E-state index contributed by atoms with van der Waals surface area (Å²) in [7, 11) is -1.75. The van der Waals surface area contributed by atoms with Crippen LogP contribution in [0.15, 0.2) is 12.4 Å². The van der Waals surface area contributed by atoms with E-state index in [1.165, 1.54) is 6.92 Å². The van der Waals surface area contributed by atoms with Gasteiger partial charge in [0.2, 0.25) is 0 Å². The molecule has 0 bridgehead atoms. The Morgan fingerprint density at radius 2 is 2.00 bits per heavy atom. The Hall–Kier alpha value is -0.820. The quantitative estimate of drug-likeness (QED) is 0.734. The van der Waals surface area contributed by atoms with Gasteiger partial charge in [-0.3, -0.25) is 0 Å². The molecule has 7 heteroatoms. The second-order valence-electron chi connectivity index (χ2n) is 3.01. The molecule has 90 valence electrons. The summed E-state index contributed by atoms with van der Waals surface area (Å²) in [5.74, 6) is -0.330. The van der Waals surface area contributed by atoms with Crippen LogP contribution in [0.3, 0.4) is 0 Å². The fourth-order valence-electron chi connectivity index (χ4n) is 0.839. The highest BCUT2D eigenvalue weighted by molar-refractivity contribution is 7.86. The molecule has 0 spiro atoms. The zero-order valence-corrected chi connectivity index (χ0v) is 10.00. The van der Waals surface area contributed by atoms with Crippen molar-refractivity contribution in [3.63, 3.8) is 0 Å². The molecule has 0 aromatic carbocycles. The molecular formula is C8H17FN2O3S. The largest absolute Gasteiger partial charge is 0.362 e. The zero-order chi connectivity index (χ0) is 11.9. The predicted molar refractivity (Wildman–Crippen MR) is 55.8 cm³/mol. The molecule has 0 fully saturated rings. The van der Waals surface area contributed by atoms with E-state index in [-0.39, 0.29) is 5.75 Å². The lowest BCUT2D eigenvalue weighted by Crippen LogP contribution is -2.21. The number of hydrogen-bond donors (Lipinski definition) is 0. The van der Waals surface area contributed by atoms with Crippen LogP contribution < -0.4 is 0 Å². The molecule has 15 heavy (non-hydrogen) atoms. The van der Waals surface area contributed by atoms with Crippen molar-refractivity contribution in [2.45, 2.75) is 13.8 Å². The number of nitrogens with zero attached hydrogens (tertiary/aromatic N) is 2. The second-order valence-corrected chi connectivity index (χ2v) is 4.83. The highest BCUT2D eigenvalue weighted by atomic mass is 32.2. The van der Waals surface area contributed by atoms with E-state index in [9.17, 15) is 12.9 Å². The lowest BCUT2D eigenvalue weighted by Gasteiger charge is -2.14. The van der Waals surface area contributed by atoms with E-state index in [2.05, 4.69) is 40.6 Å². The van der Waals surface area contributed by atoms with Crippen LogP contribution in [-0.4, -0.2) is 44.2 Å². The molecular weight excluding hydrogens is 223 g/mol. The van der Waals surface area contributed by atoms with Crippen molar-refractivity contribution in [1.29, 1.82) is 0 Å². The average molecular weight is 240 g/mol. The summed E-state index contributed by atoms with van der Waals surface area (Å²) >= 11 is 0. The summed E-state index contributed by atoms with van der Waals surface area (Å²) in [5.41, 5.74) is 0. The first-order chi connectivity index (χ1) is 6.95. The third kappa shape index (κ3) is 6.29. The Morgan fingerprint density at radius 1 is 1.40 bits per heavy atom. The average Bonchev–Trinajstić information content (AvgIpc) is 2.65. The van der Waals surface area contributed by atoms with E-state index >= 15 is 0 Å². The Kier molecular flexibility index (Phi) is 6.26. The van der Waals surface area contributed by atoms with Gasteiger partial charge >= 0.3 is 0 Å². The Morgan fingerprint density at radius 3 is 2.13 bits per heavy atom. The van der Waals surface area contributed by atoms with E-state index in [4.69, 9.17) is 0 Å². The van der Waals surface area contributed by atoms with Gasteiger partial charge in [0.05, 0.1) is 12.4 Å². The SMILES string of the molecule is CCN1C=CN(C)C1.CCS(=O)(=O)OF. The second kappa shape index (κ2) is 6.62. The van der Waals surface area contributed by atoms with Crippen LogP contribution in [0.5, 0.6) is 0 Å². The van der Waals surface area contributed by atoms with Crippen LogP contribution in [0, 0.1) is 0 Å². The number of hydrogen-bond acceptors (Lipinski definition) is 5. The molecule has 0 aromatic heterocycles. The van der Waals surface area contributed by atoms with Gasteiger partial charge < -0.3 is 9.80 Å². The van der Waals surface area contributed by atoms with Crippen LogP contribution in [0.4, 0.5) is 4.53 Å². The van der Waals surface area contributed by atoms with Gasteiger partial charge in [0, 0.05) is 26.0 Å². The first kappa shape index (κ1) is 14.2. The number of halogens is 1. The summed E-state index contributed by atoms with van der Waals surface area (Å²) in [6.07, 6.45) is 4.20.